The second-order valence-electron chi connectivity index (χ2n) is 4.69. The van der Waals surface area contributed by atoms with Crippen molar-refractivity contribution in [3.05, 3.63) is 29.3 Å². The van der Waals surface area contributed by atoms with Gasteiger partial charge in [0, 0.05) is 18.7 Å². The van der Waals surface area contributed by atoms with Gasteiger partial charge in [-0.1, -0.05) is 0 Å². The molecule has 1 atom stereocenters. The molecule has 1 fully saturated rings. The van der Waals surface area contributed by atoms with Crippen LogP contribution in [0.4, 0.5) is 13.2 Å². The van der Waals surface area contributed by atoms with Crippen LogP contribution in [0.1, 0.15) is 24.5 Å². The summed E-state index contributed by atoms with van der Waals surface area (Å²) in [4.78, 5) is 0. The zero-order chi connectivity index (χ0) is 14.6. The molecule has 0 aliphatic carbocycles. The molecule has 3 nitrogen and oxygen atoms in total. The van der Waals surface area contributed by atoms with Crippen molar-refractivity contribution in [1.82, 2.24) is 5.32 Å². The van der Waals surface area contributed by atoms with Crippen LogP contribution in [0.3, 0.4) is 0 Å². The molecule has 112 valence electrons. The Balaban J connectivity index is 2.19. The maximum atomic E-state index is 12.7. The maximum absolute atomic E-state index is 12.7. The number of hydrogen-bond acceptors (Lipinski definition) is 3. The third-order valence-corrected chi connectivity index (χ3v) is 3.16. The van der Waals surface area contributed by atoms with E-state index in [2.05, 4.69) is 5.32 Å². The fourth-order valence-electron chi connectivity index (χ4n) is 2.10. The summed E-state index contributed by atoms with van der Waals surface area (Å²) in [5.41, 5.74) is -0.238. The van der Waals surface area contributed by atoms with Crippen LogP contribution in [0.2, 0.25) is 0 Å². The first-order valence-electron chi connectivity index (χ1n) is 6.66. The summed E-state index contributed by atoms with van der Waals surface area (Å²) in [6, 6.07) is 3.54. The molecule has 1 aromatic carbocycles. The van der Waals surface area contributed by atoms with Gasteiger partial charge in [-0.25, -0.2) is 0 Å². The van der Waals surface area contributed by atoms with Gasteiger partial charge in [0.2, 0.25) is 0 Å². The lowest BCUT2D eigenvalue weighted by Crippen LogP contribution is -2.20. The SMILES string of the molecule is CCOCc1cc(C(F)(F)F)ccc1OC1CCNC1. The fourth-order valence-corrected chi connectivity index (χ4v) is 2.10. The lowest BCUT2D eigenvalue weighted by atomic mass is 10.1. The Morgan fingerprint density at radius 2 is 2.15 bits per heavy atom. The zero-order valence-electron chi connectivity index (χ0n) is 11.3. The number of hydrogen-bond donors (Lipinski definition) is 1. The first-order valence-corrected chi connectivity index (χ1v) is 6.66. The molecule has 0 saturated carbocycles. The molecule has 0 spiro atoms. The largest absolute Gasteiger partial charge is 0.489 e. The third kappa shape index (κ3) is 3.86. The Kier molecular flexibility index (Phi) is 4.88. The summed E-state index contributed by atoms with van der Waals surface area (Å²) in [6.07, 6.45) is -3.49. The molecule has 0 aromatic heterocycles. The van der Waals surface area contributed by atoms with Gasteiger partial charge in [-0.05, 0) is 38.1 Å². The molecule has 1 aromatic rings. The standard InChI is InChI=1S/C14H18F3NO2/c1-2-19-9-10-7-11(14(15,16)17)3-4-13(10)20-12-5-6-18-8-12/h3-4,7,12,18H,2,5-6,8-9H2,1H3. The highest BCUT2D eigenvalue weighted by Gasteiger charge is 2.31. The summed E-state index contributed by atoms with van der Waals surface area (Å²) in [6.45, 7) is 3.95. The van der Waals surface area contributed by atoms with Gasteiger partial charge in [-0.15, -0.1) is 0 Å². The van der Waals surface area contributed by atoms with Crippen LogP contribution in [0.25, 0.3) is 0 Å². The van der Waals surface area contributed by atoms with E-state index >= 15 is 0 Å². The van der Waals surface area contributed by atoms with E-state index in [1.54, 1.807) is 6.92 Å². The zero-order valence-corrected chi connectivity index (χ0v) is 11.3. The van der Waals surface area contributed by atoms with E-state index < -0.39 is 11.7 Å². The molecule has 1 aliphatic rings. The Bertz CT molecular complexity index is 443. The quantitative estimate of drug-likeness (QED) is 0.904. The molecule has 0 radical (unpaired) electrons. The number of benzene rings is 1. The summed E-state index contributed by atoms with van der Waals surface area (Å²) in [5, 5.41) is 3.15. The van der Waals surface area contributed by atoms with Crippen molar-refractivity contribution in [2.75, 3.05) is 19.7 Å². The fraction of sp³-hybridized carbons (Fsp3) is 0.571. The predicted molar refractivity (Wildman–Crippen MR) is 68.7 cm³/mol. The van der Waals surface area contributed by atoms with Crippen molar-refractivity contribution < 1.29 is 22.6 Å². The van der Waals surface area contributed by atoms with Crippen LogP contribution >= 0.6 is 0 Å². The maximum Gasteiger partial charge on any atom is 0.416 e. The van der Waals surface area contributed by atoms with Gasteiger partial charge >= 0.3 is 6.18 Å². The number of nitrogens with one attached hydrogen (secondary N) is 1. The van der Waals surface area contributed by atoms with Crippen molar-refractivity contribution in [2.45, 2.75) is 32.2 Å². The molecular weight excluding hydrogens is 271 g/mol. The monoisotopic (exact) mass is 289 g/mol. The van der Waals surface area contributed by atoms with Crippen LogP contribution in [0, 0.1) is 0 Å². The normalized spacial score (nSPS) is 19.3. The topological polar surface area (TPSA) is 30.5 Å². The minimum Gasteiger partial charge on any atom is -0.489 e. The van der Waals surface area contributed by atoms with Crippen molar-refractivity contribution in [2.24, 2.45) is 0 Å². The van der Waals surface area contributed by atoms with Crippen LogP contribution < -0.4 is 10.1 Å². The van der Waals surface area contributed by atoms with Crippen LogP contribution in [0.5, 0.6) is 5.75 Å². The van der Waals surface area contributed by atoms with E-state index in [-0.39, 0.29) is 12.7 Å². The molecule has 1 heterocycles. The number of rotatable bonds is 5. The summed E-state index contributed by atoms with van der Waals surface area (Å²) in [7, 11) is 0. The number of ether oxygens (including phenoxy) is 2. The smallest absolute Gasteiger partial charge is 0.416 e. The molecule has 6 heteroatoms. The highest BCUT2D eigenvalue weighted by atomic mass is 19.4. The molecule has 0 bridgehead atoms. The van der Waals surface area contributed by atoms with Gasteiger partial charge in [0.25, 0.3) is 0 Å². The second kappa shape index (κ2) is 6.45. The highest BCUT2D eigenvalue weighted by molar-refractivity contribution is 5.38. The van der Waals surface area contributed by atoms with Gasteiger partial charge in [-0.3, -0.25) is 0 Å². The minimum absolute atomic E-state index is 0.00659. The molecule has 1 aliphatic heterocycles. The summed E-state index contributed by atoms with van der Waals surface area (Å²) >= 11 is 0. The minimum atomic E-state index is -4.35. The van der Waals surface area contributed by atoms with E-state index in [4.69, 9.17) is 9.47 Å². The first-order chi connectivity index (χ1) is 9.50. The van der Waals surface area contributed by atoms with Crippen molar-refractivity contribution in [3.63, 3.8) is 0 Å². The molecule has 2 rings (SSSR count). The van der Waals surface area contributed by atoms with E-state index in [9.17, 15) is 13.2 Å². The molecule has 1 unspecified atom stereocenters. The van der Waals surface area contributed by atoms with Crippen LogP contribution in [-0.4, -0.2) is 25.8 Å². The van der Waals surface area contributed by atoms with Gasteiger partial charge in [0.05, 0.1) is 12.2 Å². The predicted octanol–water partition coefficient (Wildman–Crippen LogP) is 2.98. The van der Waals surface area contributed by atoms with E-state index in [0.29, 0.717) is 17.9 Å². The van der Waals surface area contributed by atoms with Gasteiger partial charge in [0.15, 0.2) is 0 Å². The Morgan fingerprint density at radius 1 is 1.35 bits per heavy atom. The van der Waals surface area contributed by atoms with Crippen LogP contribution in [0.15, 0.2) is 18.2 Å². The molecular formula is C14H18F3NO2. The van der Waals surface area contributed by atoms with Crippen molar-refractivity contribution in [1.29, 1.82) is 0 Å². The molecule has 0 amide bonds. The number of alkyl halides is 3. The van der Waals surface area contributed by atoms with E-state index in [0.717, 1.165) is 31.6 Å². The van der Waals surface area contributed by atoms with E-state index in [1.807, 2.05) is 0 Å². The second-order valence-corrected chi connectivity index (χ2v) is 4.69. The lowest BCUT2D eigenvalue weighted by molar-refractivity contribution is -0.137. The molecule has 1 N–H and O–H groups in total. The van der Waals surface area contributed by atoms with Gasteiger partial charge in [-0.2, -0.15) is 13.2 Å². The molecule has 1 saturated heterocycles. The van der Waals surface area contributed by atoms with Crippen molar-refractivity contribution >= 4 is 0 Å². The van der Waals surface area contributed by atoms with Crippen molar-refractivity contribution in [3.8, 4) is 5.75 Å². The van der Waals surface area contributed by atoms with Crippen LogP contribution in [-0.2, 0) is 17.5 Å². The van der Waals surface area contributed by atoms with E-state index in [1.165, 1.54) is 6.07 Å². The lowest BCUT2D eigenvalue weighted by Gasteiger charge is -2.18. The molecule has 20 heavy (non-hydrogen) atoms. The Hall–Kier alpha value is -1.27. The summed E-state index contributed by atoms with van der Waals surface area (Å²) in [5.74, 6) is 0.472. The summed E-state index contributed by atoms with van der Waals surface area (Å²) < 4.78 is 49.2. The average Bonchev–Trinajstić information content (AvgIpc) is 2.89. The Labute approximate surface area is 116 Å². The number of halogens is 3. The highest BCUT2D eigenvalue weighted by Crippen LogP contribution is 2.33. The average molecular weight is 289 g/mol. The van der Waals surface area contributed by atoms with Gasteiger partial charge in [0.1, 0.15) is 11.9 Å². The van der Waals surface area contributed by atoms with Gasteiger partial charge < -0.3 is 14.8 Å². The first kappa shape index (κ1) is 15.1. The third-order valence-electron chi connectivity index (χ3n) is 3.16. The Morgan fingerprint density at radius 3 is 2.75 bits per heavy atom.